The number of alkyl carbamates (subject to hydrolysis) is 1. The molecular weight excluding hydrogens is 432 g/mol. The van der Waals surface area contributed by atoms with Gasteiger partial charge < -0.3 is 20.1 Å². The zero-order valence-electron chi connectivity index (χ0n) is 19.9. The molecule has 7 heteroatoms. The predicted octanol–water partition coefficient (Wildman–Crippen LogP) is 4.41. The van der Waals surface area contributed by atoms with E-state index in [-0.39, 0.29) is 23.8 Å². The lowest BCUT2D eigenvalue weighted by atomic mass is 9.88. The molecule has 7 nitrogen and oxygen atoms in total. The Balaban J connectivity index is 1.44. The third-order valence-corrected chi connectivity index (χ3v) is 6.70. The number of hydrogen-bond donors (Lipinski definition) is 2. The van der Waals surface area contributed by atoms with Crippen LogP contribution in [0.3, 0.4) is 0 Å². The van der Waals surface area contributed by atoms with Crippen LogP contribution in [0, 0.1) is 5.41 Å². The standard InChI is InChI=1S/C27H32N2O5/c1-27(2,3)14-12-22(24(30)29-15-13-23(29)25(31)32)28-26(33)34-16-21-19-10-6-4-8-17(19)18-9-5-7-11-20(18)21/h4-11,21-23H,12-16H2,1-3H3,(H,28,33)(H,31,32). The number of benzene rings is 2. The summed E-state index contributed by atoms with van der Waals surface area (Å²) in [5, 5.41) is 12.1. The minimum Gasteiger partial charge on any atom is -0.480 e. The highest BCUT2D eigenvalue weighted by atomic mass is 16.5. The molecule has 0 radical (unpaired) electrons. The lowest BCUT2D eigenvalue weighted by Gasteiger charge is -2.40. The number of fused-ring (bicyclic) bond motifs is 3. The minimum atomic E-state index is -1.02. The molecule has 1 fully saturated rings. The van der Waals surface area contributed by atoms with E-state index in [0.717, 1.165) is 22.3 Å². The maximum Gasteiger partial charge on any atom is 0.407 e. The van der Waals surface area contributed by atoms with E-state index in [9.17, 15) is 19.5 Å². The molecule has 180 valence electrons. The number of ether oxygens (including phenoxy) is 1. The van der Waals surface area contributed by atoms with Crippen molar-refractivity contribution >= 4 is 18.0 Å². The number of likely N-dealkylation sites (tertiary alicyclic amines) is 1. The molecule has 2 unspecified atom stereocenters. The molecule has 1 heterocycles. The SMILES string of the molecule is CC(C)(C)CCC(NC(=O)OCC1c2ccccc2-c2ccccc21)C(=O)N1CCC1C(=O)O. The van der Waals surface area contributed by atoms with Gasteiger partial charge in [0.2, 0.25) is 5.91 Å². The molecule has 1 saturated heterocycles. The Morgan fingerprint density at radius 2 is 1.65 bits per heavy atom. The van der Waals surface area contributed by atoms with Gasteiger partial charge >= 0.3 is 12.1 Å². The first kappa shape index (κ1) is 23.8. The second-order valence-electron chi connectivity index (χ2n) is 10.3. The van der Waals surface area contributed by atoms with Gasteiger partial charge in [-0.3, -0.25) is 4.79 Å². The van der Waals surface area contributed by atoms with Crippen LogP contribution in [-0.4, -0.2) is 53.2 Å². The van der Waals surface area contributed by atoms with Crippen molar-refractivity contribution in [1.29, 1.82) is 0 Å². The van der Waals surface area contributed by atoms with Crippen LogP contribution in [0.5, 0.6) is 0 Å². The van der Waals surface area contributed by atoms with Crippen molar-refractivity contribution in [2.45, 2.75) is 58.0 Å². The zero-order chi connectivity index (χ0) is 24.5. The Morgan fingerprint density at radius 3 is 2.15 bits per heavy atom. The van der Waals surface area contributed by atoms with Crippen LogP contribution in [0.25, 0.3) is 11.1 Å². The first-order valence-corrected chi connectivity index (χ1v) is 11.8. The summed E-state index contributed by atoms with van der Waals surface area (Å²) in [7, 11) is 0. The van der Waals surface area contributed by atoms with E-state index in [1.807, 2.05) is 36.4 Å². The van der Waals surface area contributed by atoms with Crippen LogP contribution in [0.2, 0.25) is 0 Å². The number of carbonyl (C=O) groups is 3. The monoisotopic (exact) mass is 464 g/mol. The van der Waals surface area contributed by atoms with Crippen LogP contribution in [0.4, 0.5) is 4.79 Å². The maximum absolute atomic E-state index is 13.1. The van der Waals surface area contributed by atoms with Gasteiger partial charge in [-0.05, 0) is 46.9 Å². The lowest BCUT2D eigenvalue weighted by Crippen LogP contribution is -2.60. The Bertz CT molecular complexity index is 1040. The van der Waals surface area contributed by atoms with Gasteiger partial charge in [0.1, 0.15) is 18.7 Å². The van der Waals surface area contributed by atoms with Crippen molar-refractivity contribution in [2.75, 3.05) is 13.2 Å². The number of amides is 2. The summed E-state index contributed by atoms with van der Waals surface area (Å²) in [6.45, 7) is 6.72. The molecular formula is C27H32N2O5. The van der Waals surface area contributed by atoms with Crippen molar-refractivity contribution in [3.8, 4) is 11.1 Å². The Labute approximate surface area is 200 Å². The van der Waals surface area contributed by atoms with E-state index >= 15 is 0 Å². The van der Waals surface area contributed by atoms with Crippen molar-refractivity contribution in [3.05, 3.63) is 59.7 Å². The van der Waals surface area contributed by atoms with E-state index in [0.29, 0.717) is 25.8 Å². The third-order valence-electron chi connectivity index (χ3n) is 6.70. The second kappa shape index (κ2) is 9.49. The lowest BCUT2D eigenvalue weighted by molar-refractivity contribution is -0.158. The molecule has 0 spiro atoms. The number of carboxylic acids is 1. The van der Waals surface area contributed by atoms with E-state index in [1.165, 1.54) is 4.90 Å². The van der Waals surface area contributed by atoms with Gasteiger partial charge in [0.15, 0.2) is 0 Å². The summed E-state index contributed by atoms with van der Waals surface area (Å²) in [6, 6.07) is 14.5. The van der Waals surface area contributed by atoms with Crippen molar-refractivity contribution in [2.24, 2.45) is 5.41 Å². The third kappa shape index (κ3) is 4.93. The summed E-state index contributed by atoms with van der Waals surface area (Å²) in [5.74, 6) is -1.46. The number of rotatable bonds is 7. The predicted molar refractivity (Wildman–Crippen MR) is 128 cm³/mol. The van der Waals surface area contributed by atoms with E-state index in [4.69, 9.17) is 4.74 Å². The number of hydrogen-bond acceptors (Lipinski definition) is 4. The molecule has 2 N–H and O–H groups in total. The molecule has 2 aromatic rings. The summed E-state index contributed by atoms with van der Waals surface area (Å²) >= 11 is 0. The quantitative estimate of drug-likeness (QED) is 0.633. The smallest absolute Gasteiger partial charge is 0.407 e. The molecule has 2 aliphatic rings. The minimum absolute atomic E-state index is 0.0392. The topological polar surface area (TPSA) is 95.9 Å². The highest BCUT2D eigenvalue weighted by Gasteiger charge is 2.41. The average Bonchev–Trinajstić information content (AvgIpc) is 3.07. The highest BCUT2D eigenvalue weighted by Crippen LogP contribution is 2.44. The van der Waals surface area contributed by atoms with Crippen LogP contribution in [-0.2, 0) is 14.3 Å². The molecule has 2 aromatic carbocycles. The van der Waals surface area contributed by atoms with Gasteiger partial charge in [-0.1, -0.05) is 69.3 Å². The van der Waals surface area contributed by atoms with Crippen molar-refractivity contribution in [3.63, 3.8) is 0 Å². The maximum atomic E-state index is 13.1. The van der Waals surface area contributed by atoms with Gasteiger partial charge in [-0.15, -0.1) is 0 Å². The number of nitrogens with zero attached hydrogens (tertiary/aromatic N) is 1. The zero-order valence-corrected chi connectivity index (χ0v) is 19.9. The molecule has 1 aliphatic carbocycles. The average molecular weight is 465 g/mol. The van der Waals surface area contributed by atoms with E-state index in [2.05, 4.69) is 38.2 Å². The van der Waals surface area contributed by atoms with Crippen LogP contribution in [0.15, 0.2) is 48.5 Å². The molecule has 4 rings (SSSR count). The molecule has 2 atom stereocenters. The second-order valence-corrected chi connectivity index (χ2v) is 10.3. The largest absolute Gasteiger partial charge is 0.480 e. The fraction of sp³-hybridized carbons (Fsp3) is 0.444. The fourth-order valence-electron chi connectivity index (χ4n) is 4.73. The van der Waals surface area contributed by atoms with Gasteiger partial charge in [0, 0.05) is 12.5 Å². The molecule has 1 aliphatic heterocycles. The number of carboxylic acid groups (broad SMARTS) is 1. The molecule has 0 aromatic heterocycles. The normalized spacial score (nSPS) is 17.9. The Hall–Kier alpha value is -3.35. The van der Waals surface area contributed by atoms with Gasteiger partial charge in [0.05, 0.1) is 0 Å². The van der Waals surface area contributed by atoms with Crippen LogP contribution in [0.1, 0.15) is 57.1 Å². The first-order chi connectivity index (χ1) is 16.2. The van der Waals surface area contributed by atoms with Crippen molar-refractivity contribution in [1.82, 2.24) is 10.2 Å². The first-order valence-electron chi connectivity index (χ1n) is 11.8. The summed E-state index contributed by atoms with van der Waals surface area (Å²) < 4.78 is 5.62. The van der Waals surface area contributed by atoms with Gasteiger partial charge in [0.25, 0.3) is 0 Å². The van der Waals surface area contributed by atoms with Gasteiger partial charge in [-0.2, -0.15) is 0 Å². The number of carbonyl (C=O) groups excluding carboxylic acids is 2. The van der Waals surface area contributed by atoms with Crippen LogP contribution >= 0.6 is 0 Å². The number of nitrogens with one attached hydrogen (secondary N) is 1. The fourth-order valence-corrected chi connectivity index (χ4v) is 4.73. The van der Waals surface area contributed by atoms with Gasteiger partial charge in [-0.25, -0.2) is 9.59 Å². The summed E-state index contributed by atoms with van der Waals surface area (Å²) in [4.78, 5) is 38.6. The number of aliphatic carboxylic acids is 1. The highest BCUT2D eigenvalue weighted by molar-refractivity contribution is 5.90. The molecule has 2 amide bonds. The summed E-state index contributed by atoms with van der Waals surface area (Å²) in [5.41, 5.74) is 4.47. The Kier molecular flexibility index (Phi) is 6.64. The molecule has 0 saturated carbocycles. The molecule has 34 heavy (non-hydrogen) atoms. The summed E-state index contributed by atoms with van der Waals surface area (Å²) in [6.07, 6.45) is 0.868. The van der Waals surface area contributed by atoms with E-state index in [1.54, 1.807) is 0 Å². The van der Waals surface area contributed by atoms with E-state index < -0.39 is 24.1 Å². The van der Waals surface area contributed by atoms with Crippen LogP contribution < -0.4 is 5.32 Å². The molecule has 0 bridgehead atoms. The van der Waals surface area contributed by atoms with Crippen molar-refractivity contribution < 1.29 is 24.2 Å². The Morgan fingerprint density at radius 1 is 1.06 bits per heavy atom.